The number of esters is 1. The lowest BCUT2D eigenvalue weighted by molar-refractivity contribution is -0.150. The van der Waals surface area contributed by atoms with Crippen LogP contribution in [0, 0.1) is 0 Å². The first-order valence-electron chi connectivity index (χ1n) is 9.66. The number of sulfone groups is 1. The first-order valence-corrected chi connectivity index (χ1v) is 11.6. The van der Waals surface area contributed by atoms with Crippen molar-refractivity contribution >= 4 is 21.9 Å². The summed E-state index contributed by atoms with van der Waals surface area (Å²) in [7, 11) is -3.50. The second kappa shape index (κ2) is 10.5. The lowest BCUT2D eigenvalue weighted by atomic mass is 10.1. The van der Waals surface area contributed by atoms with Crippen molar-refractivity contribution in [2.75, 3.05) is 19.3 Å². The summed E-state index contributed by atoms with van der Waals surface area (Å²) in [5, 5.41) is -1.11. The zero-order valence-electron chi connectivity index (χ0n) is 16.5. The van der Waals surface area contributed by atoms with Crippen molar-refractivity contribution in [1.29, 1.82) is 0 Å². The number of ether oxygens (including phenoxy) is 2. The lowest BCUT2D eigenvalue weighted by Gasteiger charge is -2.31. The van der Waals surface area contributed by atoms with E-state index < -0.39 is 27.1 Å². The van der Waals surface area contributed by atoms with E-state index in [1.165, 1.54) is 0 Å². The van der Waals surface area contributed by atoms with Gasteiger partial charge in [0, 0.05) is 32.2 Å². The summed E-state index contributed by atoms with van der Waals surface area (Å²) in [5.41, 5.74) is 0.915. The minimum Gasteiger partial charge on any atom is -0.461 e. The van der Waals surface area contributed by atoms with E-state index in [2.05, 4.69) is 0 Å². The van der Waals surface area contributed by atoms with Gasteiger partial charge >= 0.3 is 12.1 Å². The van der Waals surface area contributed by atoms with Crippen LogP contribution in [-0.4, -0.2) is 56.1 Å². The quantitative estimate of drug-likeness (QED) is 0.611. The van der Waals surface area contributed by atoms with E-state index >= 15 is 0 Å². The Morgan fingerprint density at radius 3 is 2.39 bits per heavy atom. The third-order valence-corrected chi connectivity index (χ3v) is 6.25. The van der Waals surface area contributed by atoms with Gasteiger partial charge in [-0.25, -0.2) is 13.2 Å². The van der Waals surface area contributed by atoms with Gasteiger partial charge in [-0.05, 0) is 12.0 Å². The molecule has 0 unspecified atom stereocenters. The highest BCUT2D eigenvalue weighted by atomic mass is 32.2. The Morgan fingerprint density at radius 2 is 1.82 bits per heavy atom. The number of carbonyl (C=O) groups is 2. The smallest absolute Gasteiger partial charge is 0.410 e. The van der Waals surface area contributed by atoms with Crippen molar-refractivity contribution in [2.24, 2.45) is 0 Å². The highest BCUT2D eigenvalue weighted by molar-refractivity contribution is 7.92. The molecule has 7 nitrogen and oxygen atoms in total. The molecule has 1 saturated heterocycles. The SMILES string of the molecule is CCCC[C@H](C(=O)OC1CCN(C(=O)OCc2ccccc2)CC1)S(C)(=O)=O. The van der Waals surface area contributed by atoms with E-state index in [1.807, 2.05) is 37.3 Å². The normalized spacial score (nSPS) is 16.4. The first kappa shape index (κ1) is 22.2. The van der Waals surface area contributed by atoms with Crippen molar-refractivity contribution < 1.29 is 27.5 Å². The van der Waals surface area contributed by atoms with E-state index in [0.717, 1.165) is 18.2 Å². The minimum atomic E-state index is -3.50. The van der Waals surface area contributed by atoms with E-state index in [0.29, 0.717) is 32.4 Å². The van der Waals surface area contributed by atoms with E-state index in [1.54, 1.807) is 4.90 Å². The predicted molar refractivity (Wildman–Crippen MR) is 105 cm³/mol. The van der Waals surface area contributed by atoms with Crippen molar-refractivity contribution in [2.45, 2.75) is 57.0 Å². The average Bonchev–Trinajstić information content (AvgIpc) is 2.67. The summed E-state index contributed by atoms with van der Waals surface area (Å²) < 4.78 is 34.5. The van der Waals surface area contributed by atoms with Crippen LogP contribution < -0.4 is 0 Å². The number of unbranched alkanes of at least 4 members (excludes halogenated alkanes) is 1. The van der Waals surface area contributed by atoms with E-state index in [9.17, 15) is 18.0 Å². The monoisotopic (exact) mass is 411 g/mol. The number of piperidine rings is 1. The predicted octanol–water partition coefficient (Wildman–Crippen LogP) is 2.93. The third-order valence-electron chi connectivity index (χ3n) is 4.79. The molecule has 1 aliphatic rings. The molecule has 0 N–H and O–H groups in total. The molecule has 0 radical (unpaired) electrons. The molecule has 0 bridgehead atoms. The summed E-state index contributed by atoms with van der Waals surface area (Å²) in [6.45, 7) is 2.97. The molecule has 0 aliphatic carbocycles. The van der Waals surface area contributed by atoms with Gasteiger partial charge in [0.2, 0.25) is 0 Å². The topological polar surface area (TPSA) is 90.0 Å². The molecule has 156 valence electrons. The summed E-state index contributed by atoms with van der Waals surface area (Å²) in [6, 6.07) is 9.43. The van der Waals surface area contributed by atoms with Gasteiger partial charge < -0.3 is 14.4 Å². The molecule has 8 heteroatoms. The van der Waals surface area contributed by atoms with Gasteiger partial charge in [0.1, 0.15) is 12.7 Å². The molecule has 1 amide bonds. The summed E-state index contributed by atoms with van der Waals surface area (Å²) in [5.74, 6) is -0.680. The number of carbonyl (C=O) groups excluding carboxylic acids is 2. The Labute approximate surface area is 166 Å². The van der Waals surface area contributed by atoms with Gasteiger partial charge in [-0.3, -0.25) is 4.79 Å². The zero-order chi connectivity index (χ0) is 20.6. The van der Waals surface area contributed by atoms with E-state index in [-0.39, 0.29) is 19.1 Å². The molecule has 1 fully saturated rings. The number of hydrogen-bond donors (Lipinski definition) is 0. The van der Waals surface area contributed by atoms with Crippen LogP contribution in [0.2, 0.25) is 0 Å². The maximum Gasteiger partial charge on any atom is 0.410 e. The van der Waals surface area contributed by atoms with Gasteiger partial charge in [-0.1, -0.05) is 50.1 Å². The number of benzene rings is 1. The Hall–Kier alpha value is -2.09. The number of rotatable bonds is 8. The highest BCUT2D eigenvalue weighted by Crippen LogP contribution is 2.19. The maximum atomic E-state index is 12.3. The fourth-order valence-corrected chi connectivity index (χ4v) is 4.10. The van der Waals surface area contributed by atoms with Crippen LogP contribution in [0.3, 0.4) is 0 Å². The Kier molecular flexibility index (Phi) is 8.29. The summed E-state index contributed by atoms with van der Waals surface area (Å²) >= 11 is 0. The Balaban J connectivity index is 1.79. The molecule has 1 atom stereocenters. The van der Waals surface area contributed by atoms with Crippen LogP contribution in [0.4, 0.5) is 4.79 Å². The average molecular weight is 412 g/mol. The van der Waals surface area contributed by atoms with Crippen molar-refractivity contribution in [3.05, 3.63) is 35.9 Å². The highest BCUT2D eigenvalue weighted by Gasteiger charge is 2.33. The van der Waals surface area contributed by atoms with Crippen LogP contribution in [0.15, 0.2) is 30.3 Å². The molecular formula is C20H29NO6S. The number of hydrogen-bond acceptors (Lipinski definition) is 6. The number of amides is 1. The largest absolute Gasteiger partial charge is 0.461 e. The molecule has 1 aromatic rings. The fourth-order valence-electron chi connectivity index (χ4n) is 3.10. The third kappa shape index (κ3) is 6.82. The van der Waals surface area contributed by atoms with Crippen LogP contribution >= 0.6 is 0 Å². The van der Waals surface area contributed by atoms with Crippen LogP contribution in [0.25, 0.3) is 0 Å². The first-order chi connectivity index (χ1) is 13.3. The van der Waals surface area contributed by atoms with Crippen molar-refractivity contribution in [3.63, 3.8) is 0 Å². The number of nitrogens with zero attached hydrogens (tertiary/aromatic N) is 1. The Morgan fingerprint density at radius 1 is 1.18 bits per heavy atom. The van der Waals surface area contributed by atoms with Crippen molar-refractivity contribution in [3.8, 4) is 0 Å². The van der Waals surface area contributed by atoms with Crippen LogP contribution in [0.5, 0.6) is 0 Å². The van der Waals surface area contributed by atoms with Gasteiger partial charge in [-0.2, -0.15) is 0 Å². The standard InChI is InChI=1S/C20H29NO6S/c1-3-4-10-18(28(2,24)25)19(22)27-17-11-13-21(14-12-17)20(23)26-15-16-8-6-5-7-9-16/h5-9,17-18H,3-4,10-15H2,1-2H3/t18-/m1/s1. The zero-order valence-corrected chi connectivity index (χ0v) is 17.3. The van der Waals surface area contributed by atoms with Gasteiger partial charge in [0.05, 0.1) is 0 Å². The fraction of sp³-hybridized carbons (Fsp3) is 0.600. The summed E-state index contributed by atoms with van der Waals surface area (Å²) in [4.78, 5) is 26.1. The second-order valence-corrected chi connectivity index (χ2v) is 9.35. The van der Waals surface area contributed by atoms with Gasteiger partial charge in [0.25, 0.3) is 0 Å². The van der Waals surface area contributed by atoms with E-state index in [4.69, 9.17) is 9.47 Å². The molecule has 28 heavy (non-hydrogen) atoms. The van der Waals surface area contributed by atoms with Crippen molar-refractivity contribution in [1.82, 2.24) is 4.90 Å². The van der Waals surface area contributed by atoms with Crippen LogP contribution in [-0.2, 0) is 30.7 Å². The molecule has 0 saturated carbocycles. The second-order valence-electron chi connectivity index (χ2n) is 7.12. The molecular weight excluding hydrogens is 382 g/mol. The molecule has 1 heterocycles. The lowest BCUT2D eigenvalue weighted by Crippen LogP contribution is -2.43. The molecule has 1 aliphatic heterocycles. The molecule has 0 spiro atoms. The molecule has 0 aromatic heterocycles. The number of likely N-dealkylation sites (tertiary alicyclic amines) is 1. The summed E-state index contributed by atoms with van der Waals surface area (Å²) in [6.07, 6.45) is 2.97. The van der Waals surface area contributed by atoms with Crippen LogP contribution in [0.1, 0.15) is 44.6 Å². The molecule has 2 rings (SSSR count). The Bertz CT molecular complexity index is 741. The molecule has 1 aromatic carbocycles. The van der Waals surface area contributed by atoms with Gasteiger partial charge in [-0.15, -0.1) is 0 Å². The minimum absolute atomic E-state index is 0.210. The maximum absolute atomic E-state index is 12.3. The van der Waals surface area contributed by atoms with Gasteiger partial charge in [0.15, 0.2) is 15.1 Å².